The van der Waals surface area contributed by atoms with Crippen LogP contribution in [0.3, 0.4) is 0 Å². The van der Waals surface area contributed by atoms with Gasteiger partial charge in [-0.15, -0.1) is 0 Å². The number of benzene rings is 2. The summed E-state index contributed by atoms with van der Waals surface area (Å²) in [5.74, 6) is 1.79. The summed E-state index contributed by atoms with van der Waals surface area (Å²) in [5, 5.41) is 9.12. The lowest BCUT2D eigenvalue weighted by molar-refractivity contribution is 0.302. The molecule has 0 aliphatic heterocycles. The number of rotatable bonds is 5. The Labute approximate surface area is 126 Å². The summed E-state index contributed by atoms with van der Waals surface area (Å²) in [7, 11) is 0. The number of hydrogen-bond donors (Lipinski definition) is 0. The van der Waals surface area contributed by atoms with Gasteiger partial charge in [-0.1, -0.05) is 35.0 Å². The van der Waals surface area contributed by atoms with Crippen LogP contribution in [-0.4, -0.2) is 6.61 Å². The fourth-order valence-electron chi connectivity index (χ4n) is 1.66. The number of ether oxygens (including phenoxy) is 2. The quantitative estimate of drug-likeness (QED) is 0.782. The summed E-state index contributed by atoms with van der Waals surface area (Å²) in [6.45, 7) is 2.68. The first-order chi connectivity index (χ1) is 9.74. The lowest BCUT2D eigenvalue weighted by Crippen LogP contribution is -1.97. The van der Waals surface area contributed by atoms with Gasteiger partial charge in [0.05, 0.1) is 12.2 Å². The second kappa shape index (κ2) is 6.97. The Morgan fingerprint density at radius 1 is 1.10 bits per heavy atom. The summed E-state index contributed by atoms with van der Waals surface area (Å²) in [6, 6.07) is 14.9. The molecule has 20 heavy (non-hydrogen) atoms. The van der Waals surface area contributed by atoms with E-state index in [-0.39, 0.29) is 0 Å². The van der Waals surface area contributed by atoms with Gasteiger partial charge < -0.3 is 9.47 Å². The van der Waals surface area contributed by atoms with Crippen LogP contribution in [0.2, 0.25) is 0 Å². The Morgan fingerprint density at radius 2 is 1.85 bits per heavy atom. The van der Waals surface area contributed by atoms with Gasteiger partial charge in [-0.3, -0.25) is 0 Å². The monoisotopic (exact) mass is 331 g/mol. The number of hydrogen-bond acceptors (Lipinski definition) is 3. The van der Waals surface area contributed by atoms with Crippen molar-refractivity contribution < 1.29 is 9.47 Å². The van der Waals surface area contributed by atoms with Gasteiger partial charge in [0.25, 0.3) is 0 Å². The number of halogens is 1. The molecule has 0 bridgehead atoms. The van der Waals surface area contributed by atoms with E-state index >= 15 is 0 Å². The van der Waals surface area contributed by atoms with Crippen molar-refractivity contribution in [2.45, 2.75) is 13.3 Å². The smallest absolute Gasteiger partial charge is 0.169 e. The highest BCUT2D eigenvalue weighted by molar-refractivity contribution is 9.10. The highest BCUT2D eigenvalue weighted by Gasteiger charge is 2.09. The molecule has 0 unspecified atom stereocenters. The predicted octanol–water partition coefficient (Wildman–Crippen LogP) is 4.90. The topological polar surface area (TPSA) is 42.2 Å². The minimum atomic E-state index is 0.485. The Morgan fingerprint density at radius 3 is 2.55 bits per heavy atom. The standard InChI is InChI=1S/C16H14BrNO2/c1-2-9-19-14-5-3-4-6-15(14)20-16-10-13(17)8-7-12(16)11-18/h3-8,10H,2,9H2,1H3. The van der Waals surface area contributed by atoms with Gasteiger partial charge in [0.15, 0.2) is 11.5 Å². The van der Waals surface area contributed by atoms with E-state index in [1.54, 1.807) is 12.1 Å². The van der Waals surface area contributed by atoms with Crippen molar-refractivity contribution >= 4 is 15.9 Å². The van der Waals surface area contributed by atoms with Crippen LogP contribution >= 0.6 is 15.9 Å². The zero-order valence-corrected chi connectivity index (χ0v) is 12.7. The Kier molecular flexibility index (Phi) is 5.03. The molecule has 0 fully saturated rings. The molecule has 2 rings (SSSR count). The number of nitrogens with zero attached hydrogens (tertiary/aromatic N) is 1. The zero-order chi connectivity index (χ0) is 14.4. The minimum absolute atomic E-state index is 0.485. The third-order valence-corrected chi connectivity index (χ3v) is 3.09. The van der Waals surface area contributed by atoms with Crippen LogP contribution in [0.25, 0.3) is 0 Å². The summed E-state index contributed by atoms with van der Waals surface area (Å²) >= 11 is 3.38. The molecule has 0 saturated heterocycles. The largest absolute Gasteiger partial charge is 0.490 e. The molecule has 0 saturated carbocycles. The van der Waals surface area contributed by atoms with E-state index in [9.17, 15) is 0 Å². The SMILES string of the molecule is CCCOc1ccccc1Oc1cc(Br)ccc1C#N. The van der Waals surface area contributed by atoms with Gasteiger partial charge in [-0.2, -0.15) is 5.26 Å². The van der Waals surface area contributed by atoms with Crippen molar-refractivity contribution in [1.82, 2.24) is 0 Å². The average Bonchev–Trinajstić information content (AvgIpc) is 2.47. The van der Waals surface area contributed by atoms with E-state index in [1.165, 1.54) is 0 Å². The number of nitriles is 1. The van der Waals surface area contributed by atoms with Gasteiger partial charge in [0.2, 0.25) is 0 Å². The maximum Gasteiger partial charge on any atom is 0.169 e. The van der Waals surface area contributed by atoms with Crippen molar-refractivity contribution in [3.63, 3.8) is 0 Å². The van der Waals surface area contributed by atoms with Crippen molar-refractivity contribution in [2.24, 2.45) is 0 Å². The zero-order valence-electron chi connectivity index (χ0n) is 11.1. The first kappa shape index (κ1) is 14.4. The molecule has 0 amide bonds. The second-order valence-electron chi connectivity index (χ2n) is 4.15. The average molecular weight is 332 g/mol. The Bertz CT molecular complexity index is 635. The lowest BCUT2D eigenvalue weighted by Gasteiger charge is -2.12. The normalized spacial score (nSPS) is 9.85. The number of para-hydroxylation sites is 2. The third kappa shape index (κ3) is 3.52. The van der Waals surface area contributed by atoms with Gasteiger partial charge in [0, 0.05) is 4.47 Å². The van der Waals surface area contributed by atoms with E-state index < -0.39 is 0 Å². The molecule has 2 aromatic rings. The molecule has 0 aliphatic rings. The van der Waals surface area contributed by atoms with Gasteiger partial charge >= 0.3 is 0 Å². The Balaban J connectivity index is 2.30. The fourth-order valence-corrected chi connectivity index (χ4v) is 2.00. The molecule has 3 nitrogen and oxygen atoms in total. The molecule has 0 aromatic heterocycles. The fraction of sp³-hybridized carbons (Fsp3) is 0.188. The van der Waals surface area contributed by atoms with Crippen LogP contribution in [-0.2, 0) is 0 Å². The molecule has 0 radical (unpaired) electrons. The maximum absolute atomic E-state index is 9.12. The van der Waals surface area contributed by atoms with Crippen LogP contribution < -0.4 is 9.47 Å². The predicted molar refractivity (Wildman–Crippen MR) is 81.2 cm³/mol. The summed E-state index contributed by atoms with van der Waals surface area (Å²) in [4.78, 5) is 0. The van der Waals surface area contributed by atoms with E-state index in [0.717, 1.165) is 10.9 Å². The molecular formula is C16H14BrNO2. The molecule has 0 N–H and O–H groups in total. The van der Waals surface area contributed by atoms with Crippen LogP contribution in [0.5, 0.6) is 17.2 Å². The van der Waals surface area contributed by atoms with Crippen molar-refractivity contribution in [3.05, 3.63) is 52.5 Å². The summed E-state index contributed by atoms with van der Waals surface area (Å²) in [5.41, 5.74) is 0.485. The highest BCUT2D eigenvalue weighted by atomic mass is 79.9. The van der Waals surface area contributed by atoms with E-state index in [4.69, 9.17) is 14.7 Å². The van der Waals surface area contributed by atoms with E-state index in [1.807, 2.05) is 37.3 Å². The minimum Gasteiger partial charge on any atom is -0.490 e. The van der Waals surface area contributed by atoms with Gasteiger partial charge in [-0.25, -0.2) is 0 Å². The van der Waals surface area contributed by atoms with E-state index in [0.29, 0.717) is 29.4 Å². The second-order valence-corrected chi connectivity index (χ2v) is 5.07. The molecule has 0 spiro atoms. The molecule has 0 aliphatic carbocycles. The lowest BCUT2D eigenvalue weighted by atomic mass is 10.2. The summed E-state index contributed by atoms with van der Waals surface area (Å²) in [6.07, 6.45) is 0.925. The molecule has 0 atom stereocenters. The molecular weight excluding hydrogens is 318 g/mol. The Hall–Kier alpha value is -1.99. The molecule has 102 valence electrons. The van der Waals surface area contributed by atoms with Crippen LogP contribution in [0.1, 0.15) is 18.9 Å². The first-order valence-corrected chi connectivity index (χ1v) is 7.13. The van der Waals surface area contributed by atoms with Crippen molar-refractivity contribution in [1.29, 1.82) is 5.26 Å². The van der Waals surface area contributed by atoms with Crippen LogP contribution in [0.15, 0.2) is 46.9 Å². The van der Waals surface area contributed by atoms with Crippen LogP contribution in [0.4, 0.5) is 0 Å². The van der Waals surface area contributed by atoms with Gasteiger partial charge in [0.1, 0.15) is 11.8 Å². The van der Waals surface area contributed by atoms with Gasteiger partial charge in [-0.05, 0) is 36.8 Å². The first-order valence-electron chi connectivity index (χ1n) is 6.34. The molecule has 4 heteroatoms. The summed E-state index contributed by atoms with van der Waals surface area (Å²) < 4.78 is 12.3. The van der Waals surface area contributed by atoms with Crippen LogP contribution in [0, 0.1) is 11.3 Å². The highest BCUT2D eigenvalue weighted by Crippen LogP contribution is 2.34. The molecule has 0 heterocycles. The third-order valence-electron chi connectivity index (χ3n) is 2.59. The maximum atomic E-state index is 9.12. The van der Waals surface area contributed by atoms with Crippen molar-refractivity contribution in [3.8, 4) is 23.3 Å². The van der Waals surface area contributed by atoms with E-state index in [2.05, 4.69) is 22.0 Å². The molecule has 2 aromatic carbocycles. The van der Waals surface area contributed by atoms with Crippen molar-refractivity contribution in [2.75, 3.05) is 6.61 Å².